The number of benzene rings is 2. The van der Waals surface area contributed by atoms with E-state index in [0.29, 0.717) is 6.54 Å². The van der Waals surface area contributed by atoms with E-state index in [4.69, 9.17) is 10.5 Å². The molecular weight excluding hydrogens is 253 g/mol. The molecule has 2 nitrogen and oxygen atoms in total. The van der Waals surface area contributed by atoms with Gasteiger partial charge in [0, 0.05) is 17.5 Å². The Morgan fingerprint density at radius 3 is 2.35 bits per heavy atom. The number of rotatable bonds is 5. The highest BCUT2D eigenvalue weighted by Gasteiger charge is 2.28. The van der Waals surface area contributed by atoms with Crippen molar-refractivity contribution in [2.75, 3.05) is 13.7 Å². The molecule has 0 aliphatic rings. The zero-order chi connectivity index (χ0) is 14.6. The quantitative estimate of drug-likeness (QED) is 0.907. The van der Waals surface area contributed by atoms with E-state index in [1.165, 1.54) is 12.1 Å². The summed E-state index contributed by atoms with van der Waals surface area (Å²) < 4.78 is 18.4. The van der Waals surface area contributed by atoms with E-state index in [-0.39, 0.29) is 11.2 Å². The maximum absolute atomic E-state index is 13.0. The van der Waals surface area contributed by atoms with Crippen molar-refractivity contribution in [2.24, 2.45) is 5.73 Å². The van der Waals surface area contributed by atoms with Gasteiger partial charge < -0.3 is 10.5 Å². The van der Waals surface area contributed by atoms with Crippen LogP contribution in [-0.4, -0.2) is 13.7 Å². The van der Waals surface area contributed by atoms with Gasteiger partial charge in [0.25, 0.3) is 0 Å². The first-order valence-corrected chi connectivity index (χ1v) is 6.67. The summed E-state index contributed by atoms with van der Waals surface area (Å²) in [5.41, 5.74) is 7.90. The molecule has 2 N–H and O–H groups in total. The SMILES string of the molecule is COc1ccccc1C(C)(CN)Cc1ccc(F)cc1. The Hall–Kier alpha value is -1.87. The molecule has 20 heavy (non-hydrogen) atoms. The maximum Gasteiger partial charge on any atom is 0.123 e. The minimum atomic E-state index is -0.246. The van der Waals surface area contributed by atoms with Crippen molar-refractivity contribution >= 4 is 0 Å². The Bertz CT molecular complexity index is 567. The number of ether oxygens (including phenoxy) is 1. The van der Waals surface area contributed by atoms with Gasteiger partial charge in [-0.05, 0) is 30.2 Å². The molecule has 0 fully saturated rings. The lowest BCUT2D eigenvalue weighted by atomic mass is 9.77. The number of halogens is 1. The summed E-state index contributed by atoms with van der Waals surface area (Å²) in [6.07, 6.45) is 0.740. The lowest BCUT2D eigenvalue weighted by Crippen LogP contribution is -2.34. The van der Waals surface area contributed by atoms with Gasteiger partial charge in [0.15, 0.2) is 0 Å². The first-order chi connectivity index (χ1) is 9.59. The van der Waals surface area contributed by atoms with Gasteiger partial charge in [0.1, 0.15) is 11.6 Å². The van der Waals surface area contributed by atoms with Crippen LogP contribution in [0.15, 0.2) is 48.5 Å². The fourth-order valence-electron chi connectivity index (χ4n) is 2.47. The first-order valence-electron chi connectivity index (χ1n) is 6.67. The van der Waals surface area contributed by atoms with Crippen molar-refractivity contribution in [3.05, 3.63) is 65.5 Å². The second-order valence-corrected chi connectivity index (χ2v) is 5.27. The Labute approximate surface area is 119 Å². The molecule has 106 valence electrons. The fourth-order valence-corrected chi connectivity index (χ4v) is 2.47. The summed E-state index contributed by atoms with van der Waals surface area (Å²) in [4.78, 5) is 0. The molecule has 0 amide bonds. The topological polar surface area (TPSA) is 35.2 Å². The highest BCUT2D eigenvalue weighted by Crippen LogP contribution is 2.33. The van der Waals surface area contributed by atoms with Crippen molar-refractivity contribution in [1.82, 2.24) is 0 Å². The molecule has 0 radical (unpaired) electrons. The largest absolute Gasteiger partial charge is 0.496 e. The molecule has 0 heterocycles. The summed E-state index contributed by atoms with van der Waals surface area (Å²) in [5.74, 6) is 0.614. The summed E-state index contributed by atoms with van der Waals surface area (Å²) >= 11 is 0. The normalized spacial score (nSPS) is 13.8. The van der Waals surface area contributed by atoms with E-state index in [9.17, 15) is 4.39 Å². The lowest BCUT2D eigenvalue weighted by Gasteiger charge is -2.30. The second-order valence-electron chi connectivity index (χ2n) is 5.27. The van der Waals surface area contributed by atoms with E-state index in [2.05, 4.69) is 6.92 Å². The Balaban J connectivity index is 2.35. The van der Waals surface area contributed by atoms with Gasteiger partial charge in [-0.3, -0.25) is 0 Å². The molecule has 0 spiro atoms. The van der Waals surface area contributed by atoms with E-state index < -0.39 is 0 Å². The van der Waals surface area contributed by atoms with Gasteiger partial charge in [0.2, 0.25) is 0 Å². The van der Waals surface area contributed by atoms with E-state index in [0.717, 1.165) is 23.3 Å². The van der Waals surface area contributed by atoms with Crippen molar-refractivity contribution < 1.29 is 9.13 Å². The molecule has 0 aromatic heterocycles. The van der Waals surface area contributed by atoms with Crippen LogP contribution in [0, 0.1) is 5.82 Å². The minimum Gasteiger partial charge on any atom is -0.496 e. The average molecular weight is 273 g/mol. The Morgan fingerprint density at radius 1 is 1.10 bits per heavy atom. The molecule has 0 bridgehead atoms. The molecule has 2 aromatic carbocycles. The van der Waals surface area contributed by atoms with Crippen LogP contribution in [0.4, 0.5) is 4.39 Å². The third kappa shape index (κ3) is 2.99. The monoisotopic (exact) mass is 273 g/mol. The van der Waals surface area contributed by atoms with Crippen LogP contribution in [0.5, 0.6) is 5.75 Å². The van der Waals surface area contributed by atoms with Crippen LogP contribution in [-0.2, 0) is 11.8 Å². The van der Waals surface area contributed by atoms with Crippen LogP contribution >= 0.6 is 0 Å². The number of para-hydroxylation sites is 1. The van der Waals surface area contributed by atoms with E-state index in [1.807, 2.05) is 24.3 Å². The van der Waals surface area contributed by atoms with Crippen LogP contribution in [0.2, 0.25) is 0 Å². The third-order valence-electron chi connectivity index (χ3n) is 3.72. The van der Waals surface area contributed by atoms with Gasteiger partial charge in [-0.2, -0.15) is 0 Å². The van der Waals surface area contributed by atoms with Crippen molar-refractivity contribution in [3.63, 3.8) is 0 Å². The summed E-state index contributed by atoms with van der Waals surface area (Å²) in [6.45, 7) is 2.60. The molecule has 3 heteroatoms. The van der Waals surface area contributed by atoms with E-state index in [1.54, 1.807) is 19.2 Å². The van der Waals surface area contributed by atoms with Crippen molar-refractivity contribution in [1.29, 1.82) is 0 Å². The van der Waals surface area contributed by atoms with Crippen LogP contribution in [0.1, 0.15) is 18.1 Å². The maximum atomic E-state index is 13.0. The zero-order valence-corrected chi connectivity index (χ0v) is 11.9. The first kappa shape index (κ1) is 14.5. The van der Waals surface area contributed by atoms with Gasteiger partial charge in [-0.1, -0.05) is 37.3 Å². The van der Waals surface area contributed by atoms with Gasteiger partial charge >= 0.3 is 0 Å². The average Bonchev–Trinajstić information content (AvgIpc) is 2.49. The van der Waals surface area contributed by atoms with E-state index >= 15 is 0 Å². The van der Waals surface area contributed by atoms with Gasteiger partial charge in [-0.15, -0.1) is 0 Å². The van der Waals surface area contributed by atoms with Crippen LogP contribution in [0.25, 0.3) is 0 Å². The third-order valence-corrected chi connectivity index (χ3v) is 3.72. The highest BCUT2D eigenvalue weighted by molar-refractivity contribution is 5.41. The predicted octanol–water partition coefficient (Wildman–Crippen LogP) is 3.29. The number of methoxy groups -OCH3 is 1. The van der Waals surface area contributed by atoms with Crippen molar-refractivity contribution in [2.45, 2.75) is 18.8 Å². The molecule has 1 atom stereocenters. The molecule has 0 saturated heterocycles. The predicted molar refractivity (Wildman–Crippen MR) is 79.5 cm³/mol. The van der Waals surface area contributed by atoms with Crippen LogP contribution < -0.4 is 10.5 Å². The second kappa shape index (κ2) is 6.06. The highest BCUT2D eigenvalue weighted by atomic mass is 19.1. The number of hydrogen-bond acceptors (Lipinski definition) is 2. The zero-order valence-electron chi connectivity index (χ0n) is 11.9. The van der Waals surface area contributed by atoms with Gasteiger partial charge in [-0.25, -0.2) is 4.39 Å². The summed E-state index contributed by atoms with van der Waals surface area (Å²) in [6, 6.07) is 14.5. The molecule has 2 rings (SSSR count). The molecule has 0 saturated carbocycles. The molecule has 2 aromatic rings. The number of nitrogens with two attached hydrogens (primary N) is 1. The lowest BCUT2D eigenvalue weighted by molar-refractivity contribution is 0.385. The standard InChI is InChI=1S/C17H20FNO/c1-17(12-19,11-13-7-9-14(18)10-8-13)15-5-3-4-6-16(15)20-2/h3-10H,11-12,19H2,1-2H3. The Morgan fingerprint density at radius 2 is 1.75 bits per heavy atom. The minimum absolute atomic E-state index is 0.222. The Kier molecular flexibility index (Phi) is 4.40. The van der Waals surface area contributed by atoms with Crippen LogP contribution in [0.3, 0.4) is 0 Å². The summed E-state index contributed by atoms with van der Waals surface area (Å²) in [5, 5.41) is 0. The van der Waals surface area contributed by atoms with Gasteiger partial charge in [0.05, 0.1) is 7.11 Å². The van der Waals surface area contributed by atoms with Crippen molar-refractivity contribution in [3.8, 4) is 5.75 Å². The molecule has 0 aliphatic heterocycles. The number of hydrogen-bond donors (Lipinski definition) is 1. The fraction of sp³-hybridized carbons (Fsp3) is 0.294. The smallest absolute Gasteiger partial charge is 0.123 e. The summed E-state index contributed by atoms with van der Waals surface area (Å²) in [7, 11) is 1.66. The molecule has 0 aliphatic carbocycles. The molecular formula is C17H20FNO. The molecule has 1 unspecified atom stereocenters.